The maximum atomic E-state index is 11.2. The lowest BCUT2D eigenvalue weighted by atomic mass is 9.89. The van der Waals surface area contributed by atoms with E-state index in [2.05, 4.69) is 48.3 Å². The van der Waals surface area contributed by atoms with Crippen molar-refractivity contribution in [3.8, 4) is 0 Å². The van der Waals surface area contributed by atoms with Gasteiger partial charge < -0.3 is 10.2 Å². The van der Waals surface area contributed by atoms with E-state index in [0.717, 1.165) is 25.9 Å². The summed E-state index contributed by atoms with van der Waals surface area (Å²) < 4.78 is 0. The van der Waals surface area contributed by atoms with Crippen molar-refractivity contribution in [2.75, 3.05) is 18.0 Å². The molecule has 1 amide bonds. The molecule has 1 saturated heterocycles. The van der Waals surface area contributed by atoms with Crippen molar-refractivity contribution in [3.63, 3.8) is 0 Å². The van der Waals surface area contributed by atoms with E-state index in [-0.39, 0.29) is 11.4 Å². The van der Waals surface area contributed by atoms with Gasteiger partial charge in [-0.3, -0.25) is 4.79 Å². The minimum atomic E-state index is -0.0356. The minimum absolute atomic E-state index is 0.0356. The zero-order valence-electron chi connectivity index (χ0n) is 11.5. The summed E-state index contributed by atoms with van der Waals surface area (Å²) in [5.41, 5.74) is 2.55. The number of anilines is 1. The fourth-order valence-electron chi connectivity index (χ4n) is 2.63. The molecular weight excluding hydrogens is 224 g/mol. The zero-order chi connectivity index (χ0) is 13.2. The van der Waals surface area contributed by atoms with Crippen molar-refractivity contribution in [1.29, 1.82) is 0 Å². The molecule has 3 nitrogen and oxygen atoms in total. The Hall–Kier alpha value is -1.51. The molecule has 1 aromatic carbocycles. The molecule has 0 spiro atoms. The Kier molecular flexibility index (Phi) is 3.60. The molecule has 0 bridgehead atoms. The number of carbonyl (C=O) groups is 1. The molecular formula is C15H22N2O. The molecule has 0 atom stereocenters. The lowest BCUT2D eigenvalue weighted by Crippen LogP contribution is -2.52. The van der Waals surface area contributed by atoms with Crippen molar-refractivity contribution < 1.29 is 4.79 Å². The van der Waals surface area contributed by atoms with Gasteiger partial charge in [0, 0.05) is 31.2 Å². The lowest BCUT2D eigenvalue weighted by Gasteiger charge is -2.40. The van der Waals surface area contributed by atoms with E-state index in [9.17, 15) is 4.79 Å². The summed E-state index contributed by atoms with van der Waals surface area (Å²) in [7, 11) is 0. The first kappa shape index (κ1) is 12.9. The van der Waals surface area contributed by atoms with Gasteiger partial charge in [-0.05, 0) is 44.4 Å². The van der Waals surface area contributed by atoms with Crippen molar-refractivity contribution in [2.45, 2.75) is 39.2 Å². The molecule has 2 rings (SSSR count). The number of piperidine rings is 1. The lowest BCUT2D eigenvalue weighted by molar-refractivity contribution is -0.120. The third kappa shape index (κ3) is 3.03. The molecule has 0 aliphatic carbocycles. The number of benzene rings is 1. The smallest absolute Gasteiger partial charge is 0.217 e. The largest absolute Gasteiger partial charge is 0.371 e. The number of hydrogen-bond donors (Lipinski definition) is 1. The van der Waals surface area contributed by atoms with Crippen LogP contribution in [-0.4, -0.2) is 24.5 Å². The van der Waals surface area contributed by atoms with Crippen molar-refractivity contribution in [3.05, 3.63) is 29.8 Å². The SMILES string of the molecule is CC(=O)NC1(C)CCN(c2cccc(C)c2)CC1. The average Bonchev–Trinajstić information content (AvgIpc) is 2.28. The summed E-state index contributed by atoms with van der Waals surface area (Å²) >= 11 is 0. The second kappa shape index (κ2) is 5.01. The molecule has 1 aliphatic heterocycles. The Morgan fingerprint density at radius 1 is 1.33 bits per heavy atom. The van der Waals surface area contributed by atoms with Gasteiger partial charge in [-0.15, -0.1) is 0 Å². The summed E-state index contributed by atoms with van der Waals surface area (Å²) in [6, 6.07) is 8.61. The van der Waals surface area contributed by atoms with Crippen LogP contribution in [0, 0.1) is 6.92 Å². The van der Waals surface area contributed by atoms with Crippen LogP contribution in [0.15, 0.2) is 24.3 Å². The van der Waals surface area contributed by atoms with E-state index in [1.807, 2.05) is 0 Å². The first-order valence-electron chi connectivity index (χ1n) is 6.59. The number of aryl methyl sites for hydroxylation is 1. The Morgan fingerprint density at radius 2 is 2.00 bits per heavy atom. The van der Waals surface area contributed by atoms with Gasteiger partial charge in [0.2, 0.25) is 5.91 Å². The molecule has 1 aliphatic rings. The van der Waals surface area contributed by atoms with Crippen LogP contribution in [0.3, 0.4) is 0 Å². The van der Waals surface area contributed by atoms with Crippen molar-refractivity contribution in [2.24, 2.45) is 0 Å². The molecule has 3 heteroatoms. The van der Waals surface area contributed by atoms with Crippen LogP contribution in [0.1, 0.15) is 32.3 Å². The molecule has 0 aromatic heterocycles. The summed E-state index contributed by atoms with van der Waals surface area (Å²) in [6.45, 7) is 7.86. The minimum Gasteiger partial charge on any atom is -0.371 e. The van der Waals surface area contributed by atoms with E-state index in [1.54, 1.807) is 6.92 Å². The van der Waals surface area contributed by atoms with Crippen LogP contribution in [0.5, 0.6) is 0 Å². The zero-order valence-corrected chi connectivity index (χ0v) is 11.5. The van der Waals surface area contributed by atoms with Crippen LogP contribution in [0.4, 0.5) is 5.69 Å². The van der Waals surface area contributed by atoms with Crippen LogP contribution in [0.2, 0.25) is 0 Å². The first-order chi connectivity index (χ1) is 8.48. The standard InChI is InChI=1S/C15H22N2O/c1-12-5-4-6-14(11-12)17-9-7-15(3,8-10-17)16-13(2)18/h4-6,11H,7-10H2,1-3H3,(H,16,18). The third-order valence-electron chi connectivity index (χ3n) is 3.71. The maximum absolute atomic E-state index is 11.2. The van der Waals surface area contributed by atoms with Crippen LogP contribution >= 0.6 is 0 Å². The van der Waals surface area contributed by atoms with Gasteiger partial charge in [-0.1, -0.05) is 12.1 Å². The van der Waals surface area contributed by atoms with Gasteiger partial charge in [0.15, 0.2) is 0 Å². The molecule has 18 heavy (non-hydrogen) atoms. The maximum Gasteiger partial charge on any atom is 0.217 e. The van der Waals surface area contributed by atoms with E-state index in [0.29, 0.717) is 0 Å². The number of nitrogens with one attached hydrogen (secondary N) is 1. The van der Waals surface area contributed by atoms with E-state index in [4.69, 9.17) is 0 Å². The fourth-order valence-corrected chi connectivity index (χ4v) is 2.63. The number of nitrogens with zero attached hydrogens (tertiary/aromatic N) is 1. The number of rotatable bonds is 2. The summed E-state index contributed by atoms with van der Waals surface area (Å²) in [5, 5.41) is 3.08. The summed E-state index contributed by atoms with van der Waals surface area (Å²) in [5.74, 6) is 0.0708. The van der Waals surface area contributed by atoms with Gasteiger partial charge in [0.25, 0.3) is 0 Å². The van der Waals surface area contributed by atoms with Gasteiger partial charge in [-0.25, -0.2) is 0 Å². The first-order valence-corrected chi connectivity index (χ1v) is 6.59. The summed E-state index contributed by atoms with van der Waals surface area (Å²) in [4.78, 5) is 13.6. The molecule has 0 saturated carbocycles. The second-order valence-corrected chi connectivity index (χ2v) is 5.57. The highest BCUT2D eigenvalue weighted by molar-refractivity contribution is 5.73. The Bertz CT molecular complexity index is 434. The topological polar surface area (TPSA) is 32.3 Å². The van der Waals surface area contributed by atoms with E-state index in [1.165, 1.54) is 11.3 Å². The van der Waals surface area contributed by atoms with Crippen LogP contribution in [0.25, 0.3) is 0 Å². The molecule has 0 unspecified atom stereocenters. The molecule has 98 valence electrons. The number of amides is 1. The Labute approximate surface area is 109 Å². The molecule has 1 aromatic rings. The van der Waals surface area contributed by atoms with E-state index < -0.39 is 0 Å². The quantitative estimate of drug-likeness (QED) is 0.869. The molecule has 0 radical (unpaired) electrons. The summed E-state index contributed by atoms with van der Waals surface area (Å²) in [6.07, 6.45) is 2.00. The number of carbonyl (C=O) groups excluding carboxylic acids is 1. The average molecular weight is 246 g/mol. The molecule has 1 heterocycles. The second-order valence-electron chi connectivity index (χ2n) is 5.57. The fraction of sp³-hybridized carbons (Fsp3) is 0.533. The predicted octanol–water partition coefficient (Wildman–Crippen LogP) is 2.49. The van der Waals surface area contributed by atoms with Gasteiger partial charge in [0.05, 0.1) is 0 Å². The monoisotopic (exact) mass is 246 g/mol. The van der Waals surface area contributed by atoms with Crippen molar-refractivity contribution >= 4 is 11.6 Å². The molecule has 1 fully saturated rings. The van der Waals surface area contributed by atoms with Gasteiger partial charge >= 0.3 is 0 Å². The Balaban J connectivity index is 2.00. The van der Waals surface area contributed by atoms with Gasteiger partial charge in [-0.2, -0.15) is 0 Å². The van der Waals surface area contributed by atoms with Crippen molar-refractivity contribution in [1.82, 2.24) is 5.32 Å². The number of hydrogen-bond acceptors (Lipinski definition) is 2. The van der Waals surface area contributed by atoms with E-state index >= 15 is 0 Å². The Morgan fingerprint density at radius 3 is 2.56 bits per heavy atom. The highest BCUT2D eigenvalue weighted by Gasteiger charge is 2.30. The van der Waals surface area contributed by atoms with Crippen LogP contribution in [-0.2, 0) is 4.79 Å². The van der Waals surface area contributed by atoms with Gasteiger partial charge in [0.1, 0.15) is 0 Å². The third-order valence-corrected chi connectivity index (χ3v) is 3.71. The van der Waals surface area contributed by atoms with Crippen LogP contribution < -0.4 is 10.2 Å². The molecule has 1 N–H and O–H groups in total. The highest BCUT2D eigenvalue weighted by atomic mass is 16.1. The normalized spacial score (nSPS) is 18.5. The predicted molar refractivity (Wildman–Crippen MR) is 74.8 cm³/mol. The highest BCUT2D eigenvalue weighted by Crippen LogP contribution is 2.26.